The number of nitrogens with zero attached hydrogens (tertiary/aromatic N) is 1. The average Bonchev–Trinajstić information content (AvgIpc) is 3.52. The van der Waals surface area contributed by atoms with Crippen LogP contribution in [0, 0.1) is 5.92 Å². The Kier molecular flexibility index (Phi) is 8.43. The normalized spacial score (nSPS) is 27.1. The van der Waals surface area contributed by atoms with E-state index in [1.54, 1.807) is 11.0 Å². The highest BCUT2D eigenvalue weighted by atomic mass is 16.5. The molecule has 1 aromatic rings. The molecule has 2 amide bonds. The number of fused-ring (bicyclic) bond motifs is 3. The van der Waals surface area contributed by atoms with E-state index in [9.17, 15) is 19.8 Å². The van der Waals surface area contributed by atoms with Gasteiger partial charge in [0.05, 0.1) is 37.2 Å². The Bertz CT molecular complexity index is 928. The Morgan fingerprint density at radius 3 is 2.80 bits per heavy atom. The van der Waals surface area contributed by atoms with Crippen LogP contribution in [0.4, 0.5) is 0 Å². The SMILES string of the molecule is CC(C)OCCCN(C(=O)C1CCOC1)C1C=C(C(=O)NCCO)C2c3ccccc3OC2C1O. The molecule has 4 rings (SSSR count). The van der Waals surface area contributed by atoms with Crippen molar-refractivity contribution in [3.8, 4) is 5.75 Å². The Morgan fingerprint density at radius 2 is 2.09 bits per heavy atom. The summed E-state index contributed by atoms with van der Waals surface area (Å²) in [5, 5.41) is 23.4. The smallest absolute Gasteiger partial charge is 0.247 e. The highest BCUT2D eigenvalue weighted by Crippen LogP contribution is 2.47. The maximum absolute atomic E-state index is 13.6. The molecule has 3 aliphatic rings. The largest absolute Gasteiger partial charge is 0.486 e. The minimum atomic E-state index is -1.03. The number of rotatable bonds is 10. The minimum Gasteiger partial charge on any atom is -0.486 e. The molecule has 5 unspecified atom stereocenters. The number of nitrogens with one attached hydrogen (secondary N) is 1. The number of aliphatic hydroxyl groups excluding tert-OH is 2. The van der Waals surface area contributed by atoms with Crippen LogP contribution >= 0.6 is 0 Å². The number of ether oxygens (including phenoxy) is 3. The number of para-hydroxylation sites is 1. The van der Waals surface area contributed by atoms with E-state index in [1.807, 2.05) is 38.1 Å². The molecular formula is C26H36N2O7. The summed E-state index contributed by atoms with van der Waals surface area (Å²) in [4.78, 5) is 28.4. The summed E-state index contributed by atoms with van der Waals surface area (Å²) in [6, 6.07) is 6.69. The summed E-state index contributed by atoms with van der Waals surface area (Å²) in [6.45, 7) is 5.57. The summed E-state index contributed by atoms with van der Waals surface area (Å²) < 4.78 is 17.3. The number of carbonyl (C=O) groups is 2. The van der Waals surface area contributed by atoms with Crippen LogP contribution in [-0.2, 0) is 19.1 Å². The van der Waals surface area contributed by atoms with Crippen LogP contribution in [0.3, 0.4) is 0 Å². The molecule has 0 radical (unpaired) electrons. The van der Waals surface area contributed by atoms with Gasteiger partial charge >= 0.3 is 0 Å². The van der Waals surface area contributed by atoms with Crippen molar-refractivity contribution < 1.29 is 34.0 Å². The lowest BCUT2D eigenvalue weighted by Gasteiger charge is -2.41. The second-order valence-electron chi connectivity index (χ2n) is 9.55. The molecule has 0 aromatic heterocycles. The van der Waals surface area contributed by atoms with Crippen LogP contribution in [-0.4, -0.2) is 90.8 Å². The molecule has 0 saturated carbocycles. The molecule has 1 aromatic carbocycles. The summed E-state index contributed by atoms with van der Waals surface area (Å²) in [5.41, 5.74) is 1.26. The third-order valence-corrected chi connectivity index (χ3v) is 6.79. The highest BCUT2D eigenvalue weighted by Gasteiger charge is 2.50. The predicted octanol–water partition coefficient (Wildman–Crippen LogP) is 0.989. The van der Waals surface area contributed by atoms with Gasteiger partial charge in [-0.1, -0.05) is 18.2 Å². The third-order valence-electron chi connectivity index (χ3n) is 6.79. The second-order valence-corrected chi connectivity index (χ2v) is 9.55. The lowest BCUT2D eigenvalue weighted by molar-refractivity contribution is -0.141. The summed E-state index contributed by atoms with van der Waals surface area (Å²) in [5.74, 6) is -0.572. The first-order valence-corrected chi connectivity index (χ1v) is 12.5. The first-order chi connectivity index (χ1) is 16.9. The number of aliphatic hydroxyl groups is 2. The van der Waals surface area contributed by atoms with Gasteiger partial charge in [-0.05, 0) is 38.8 Å². The van der Waals surface area contributed by atoms with Gasteiger partial charge < -0.3 is 34.6 Å². The highest BCUT2D eigenvalue weighted by molar-refractivity contribution is 5.96. The number of hydrogen-bond acceptors (Lipinski definition) is 7. The van der Waals surface area contributed by atoms with Gasteiger partial charge in [-0.2, -0.15) is 0 Å². The maximum atomic E-state index is 13.6. The van der Waals surface area contributed by atoms with Crippen LogP contribution in [0.15, 0.2) is 35.9 Å². The molecule has 35 heavy (non-hydrogen) atoms. The zero-order valence-electron chi connectivity index (χ0n) is 20.4. The topological polar surface area (TPSA) is 118 Å². The van der Waals surface area contributed by atoms with Crippen molar-refractivity contribution >= 4 is 11.8 Å². The molecule has 1 fully saturated rings. The van der Waals surface area contributed by atoms with E-state index in [0.717, 1.165) is 5.56 Å². The monoisotopic (exact) mass is 488 g/mol. The van der Waals surface area contributed by atoms with E-state index in [0.29, 0.717) is 50.5 Å². The first kappa shape index (κ1) is 25.6. The Hall–Kier alpha value is -2.46. The van der Waals surface area contributed by atoms with Gasteiger partial charge in [-0.3, -0.25) is 9.59 Å². The average molecular weight is 489 g/mol. The zero-order chi connectivity index (χ0) is 24.9. The molecule has 1 saturated heterocycles. The molecular weight excluding hydrogens is 452 g/mol. The number of carbonyl (C=O) groups excluding carboxylic acids is 2. The van der Waals surface area contributed by atoms with E-state index in [-0.39, 0.29) is 37.0 Å². The van der Waals surface area contributed by atoms with Crippen molar-refractivity contribution in [1.82, 2.24) is 10.2 Å². The third kappa shape index (κ3) is 5.53. The summed E-state index contributed by atoms with van der Waals surface area (Å²) in [7, 11) is 0. The van der Waals surface area contributed by atoms with E-state index < -0.39 is 24.2 Å². The van der Waals surface area contributed by atoms with Crippen molar-refractivity contribution in [3.63, 3.8) is 0 Å². The summed E-state index contributed by atoms with van der Waals surface area (Å²) in [6.07, 6.45) is 1.27. The Labute approximate surface area is 206 Å². The predicted molar refractivity (Wildman–Crippen MR) is 128 cm³/mol. The number of hydrogen-bond donors (Lipinski definition) is 3. The molecule has 2 heterocycles. The molecule has 0 spiro atoms. The fourth-order valence-electron chi connectivity index (χ4n) is 5.12. The zero-order valence-corrected chi connectivity index (χ0v) is 20.4. The van der Waals surface area contributed by atoms with Crippen molar-refractivity contribution in [2.45, 2.75) is 57.0 Å². The van der Waals surface area contributed by atoms with Crippen molar-refractivity contribution in [2.24, 2.45) is 5.92 Å². The standard InChI is InChI=1S/C26H36N2O7/c1-16(2)34-12-5-10-28(26(32)17-8-13-33-15-17)20-14-19(25(31)27-9-11-29)22-18-6-3-4-7-21(18)35-24(22)23(20)30/h3-4,6-7,14,16-17,20,22-24,29-30H,5,8-13,15H2,1-2H3,(H,27,31). The van der Waals surface area contributed by atoms with E-state index in [1.165, 1.54) is 0 Å². The minimum absolute atomic E-state index is 0.0792. The molecule has 5 atom stereocenters. The lowest BCUT2D eigenvalue weighted by atomic mass is 9.77. The van der Waals surface area contributed by atoms with Crippen molar-refractivity contribution in [3.05, 3.63) is 41.5 Å². The molecule has 2 aliphatic heterocycles. The van der Waals surface area contributed by atoms with Crippen LogP contribution in [0.1, 0.15) is 38.2 Å². The van der Waals surface area contributed by atoms with Gasteiger partial charge in [-0.25, -0.2) is 0 Å². The lowest BCUT2D eigenvalue weighted by Crippen LogP contribution is -2.57. The van der Waals surface area contributed by atoms with Crippen LogP contribution in [0.5, 0.6) is 5.75 Å². The molecule has 1 aliphatic carbocycles. The van der Waals surface area contributed by atoms with Crippen molar-refractivity contribution in [1.29, 1.82) is 0 Å². The quantitative estimate of drug-likeness (QED) is 0.421. The maximum Gasteiger partial charge on any atom is 0.247 e. The van der Waals surface area contributed by atoms with Gasteiger partial charge in [0.1, 0.15) is 18.0 Å². The van der Waals surface area contributed by atoms with Gasteiger partial charge in [0.15, 0.2) is 0 Å². The molecule has 9 heteroatoms. The number of amides is 2. The Morgan fingerprint density at radius 1 is 1.29 bits per heavy atom. The van der Waals surface area contributed by atoms with Crippen LogP contribution in [0.25, 0.3) is 0 Å². The molecule has 0 bridgehead atoms. The fraction of sp³-hybridized carbons (Fsp3) is 0.615. The van der Waals surface area contributed by atoms with Crippen LogP contribution in [0.2, 0.25) is 0 Å². The van der Waals surface area contributed by atoms with Gasteiger partial charge in [0.25, 0.3) is 0 Å². The van der Waals surface area contributed by atoms with E-state index in [4.69, 9.17) is 14.2 Å². The molecule has 3 N–H and O–H groups in total. The van der Waals surface area contributed by atoms with E-state index in [2.05, 4.69) is 5.32 Å². The number of benzene rings is 1. The van der Waals surface area contributed by atoms with Gasteiger partial charge in [-0.15, -0.1) is 0 Å². The molecule has 9 nitrogen and oxygen atoms in total. The van der Waals surface area contributed by atoms with Crippen molar-refractivity contribution in [2.75, 3.05) is 39.5 Å². The Balaban J connectivity index is 1.66. The fourth-order valence-corrected chi connectivity index (χ4v) is 5.12. The van der Waals surface area contributed by atoms with Crippen LogP contribution < -0.4 is 10.1 Å². The summed E-state index contributed by atoms with van der Waals surface area (Å²) >= 11 is 0. The molecule has 192 valence electrons. The van der Waals surface area contributed by atoms with E-state index >= 15 is 0 Å². The first-order valence-electron chi connectivity index (χ1n) is 12.5. The second kappa shape index (κ2) is 11.5. The van der Waals surface area contributed by atoms with Gasteiger partial charge in [0, 0.05) is 37.4 Å². The van der Waals surface area contributed by atoms with Gasteiger partial charge in [0.2, 0.25) is 11.8 Å².